The van der Waals surface area contributed by atoms with E-state index in [-0.39, 0.29) is 11.8 Å². The van der Waals surface area contributed by atoms with Crippen LogP contribution in [0.4, 0.5) is 5.13 Å². The maximum atomic E-state index is 12.0. The normalized spacial score (nSPS) is 20.1. The Labute approximate surface area is 118 Å². The first-order valence-electron chi connectivity index (χ1n) is 6.51. The van der Waals surface area contributed by atoms with Gasteiger partial charge in [-0.3, -0.25) is 4.72 Å². The molecule has 108 valence electrons. The number of anilines is 1. The molecule has 0 bridgehead atoms. The highest BCUT2D eigenvalue weighted by Gasteiger charge is 2.23. The van der Waals surface area contributed by atoms with Gasteiger partial charge in [0.05, 0.1) is 5.75 Å². The Balaban J connectivity index is 1.93. The van der Waals surface area contributed by atoms with Crippen LogP contribution in [0.1, 0.15) is 31.7 Å². The van der Waals surface area contributed by atoms with E-state index in [1.807, 2.05) is 0 Å². The van der Waals surface area contributed by atoms with Crippen LogP contribution in [0, 0.1) is 5.92 Å². The molecule has 1 unspecified atom stereocenters. The summed E-state index contributed by atoms with van der Waals surface area (Å²) in [5, 5.41) is 12.3. The minimum absolute atomic E-state index is 0.0561. The molecule has 0 saturated carbocycles. The standard InChI is InChI=1S/C11H20N4O2S2/c1-8(2)6-10-13-14-11(18-10)15-19(16,17)7-9-4-3-5-12-9/h8-9,12H,3-7H2,1-2H3,(H,14,15). The second kappa shape index (κ2) is 6.15. The van der Waals surface area contributed by atoms with Crippen molar-refractivity contribution in [2.45, 2.75) is 39.2 Å². The Hall–Kier alpha value is -0.730. The van der Waals surface area contributed by atoms with Crippen molar-refractivity contribution in [1.29, 1.82) is 0 Å². The summed E-state index contributed by atoms with van der Waals surface area (Å²) in [6, 6.07) is 0.0561. The molecule has 19 heavy (non-hydrogen) atoms. The summed E-state index contributed by atoms with van der Waals surface area (Å²) in [6.07, 6.45) is 2.77. The summed E-state index contributed by atoms with van der Waals surface area (Å²) >= 11 is 1.31. The Bertz CT molecular complexity index is 507. The number of rotatable bonds is 6. The number of aromatic nitrogens is 2. The summed E-state index contributed by atoms with van der Waals surface area (Å²) in [6.45, 7) is 5.09. The number of nitrogens with one attached hydrogen (secondary N) is 2. The third kappa shape index (κ3) is 4.70. The Morgan fingerprint density at radius 3 is 2.89 bits per heavy atom. The molecule has 1 aromatic heterocycles. The molecule has 0 radical (unpaired) electrons. The molecule has 1 aliphatic rings. The van der Waals surface area contributed by atoms with Gasteiger partial charge in [0.2, 0.25) is 15.2 Å². The fraction of sp³-hybridized carbons (Fsp3) is 0.818. The van der Waals surface area contributed by atoms with Crippen LogP contribution in [0.5, 0.6) is 0 Å². The lowest BCUT2D eigenvalue weighted by atomic mass is 10.1. The predicted molar refractivity (Wildman–Crippen MR) is 76.9 cm³/mol. The van der Waals surface area contributed by atoms with Gasteiger partial charge in [-0.2, -0.15) is 0 Å². The number of hydrogen-bond donors (Lipinski definition) is 2. The fourth-order valence-corrected chi connectivity index (χ4v) is 4.62. The zero-order valence-corrected chi connectivity index (χ0v) is 12.9. The van der Waals surface area contributed by atoms with E-state index in [9.17, 15) is 8.42 Å². The van der Waals surface area contributed by atoms with Crippen molar-refractivity contribution in [2.24, 2.45) is 5.92 Å². The summed E-state index contributed by atoms with van der Waals surface area (Å²) in [4.78, 5) is 0. The summed E-state index contributed by atoms with van der Waals surface area (Å²) in [5.41, 5.74) is 0. The molecular weight excluding hydrogens is 284 g/mol. The van der Waals surface area contributed by atoms with Crippen molar-refractivity contribution in [3.63, 3.8) is 0 Å². The molecule has 0 amide bonds. The Morgan fingerprint density at radius 1 is 1.47 bits per heavy atom. The molecule has 0 aromatic carbocycles. The molecule has 6 nitrogen and oxygen atoms in total. The minimum Gasteiger partial charge on any atom is -0.313 e. The van der Waals surface area contributed by atoms with E-state index in [1.54, 1.807) is 0 Å². The van der Waals surface area contributed by atoms with Crippen molar-refractivity contribution in [1.82, 2.24) is 15.5 Å². The first-order chi connectivity index (χ1) is 8.94. The van der Waals surface area contributed by atoms with Crippen LogP contribution in [0.3, 0.4) is 0 Å². The molecular formula is C11H20N4O2S2. The quantitative estimate of drug-likeness (QED) is 0.826. The fourth-order valence-electron chi connectivity index (χ4n) is 2.07. The van der Waals surface area contributed by atoms with E-state index in [0.29, 0.717) is 11.0 Å². The van der Waals surface area contributed by atoms with Gasteiger partial charge in [0.15, 0.2) is 0 Å². The first kappa shape index (κ1) is 14.7. The van der Waals surface area contributed by atoms with Crippen molar-refractivity contribution < 1.29 is 8.42 Å². The molecule has 2 rings (SSSR count). The van der Waals surface area contributed by atoms with E-state index in [2.05, 4.69) is 34.1 Å². The van der Waals surface area contributed by atoms with E-state index in [1.165, 1.54) is 11.3 Å². The van der Waals surface area contributed by atoms with Crippen molar-refractivity contribution in [3.05, 3.63) is 5.01 Å². The van der Waals surface area contributed by atoms with E-state index >= 15 is 0 Å². The predicted octanol–water partition coefficient (Wildman–Crippen LogP) is 1.23. The highest BCUT2D eigenvalue weighted by atomic mass is 32.2. The molecule has 1 atom stereocenters. The largest absolute Gasteiger partial charge is 0.313 e. The second-order valence-corrected chi connectivity index (χ2v) is 8.10. The van der Waals surface area contributed by atoms with Gasteiger partial charge in [-0.25, -0.2) is 8.42 Å². The molecule has 1 saturated heterocycles. The molecule has 0 spiro atoms. The first-order valence-corrected chi connectivity index (χ1v) is 8.98. The van der Waals surface area contributed by atoms with Crippen LogP contribution in [-0.4, -0.2) is 37.0 Å². The number of nitrogens with zero attached hydrogens (tertiary/aromatic N) is 2. The zero-order chi connectivity index (χ0) is 13.9. The lowest BCUT2D eigenvalue weighted by Gasteiger charge is -2.10. The van der Waals surface area contributed by atoms with Crippen molar-refractivity contribution >= 4 is 26.5 Å². The van der Waals surface area contributed by atoms with Gasteiger partial charge in [0, 0.05) is 12.5 Å². The molecule has 0 aliphatic carbocycles. The molecule has 1 aromatic rings. The van der Waals surface area contributed by atoms with Crippen LogP contribution in [0.25, 0.3) is 0 Å². The summed E-state index contributed by atoms with van der Waals surface area (Å²) in [5.74, 6) is 0.589. The maximum Gasteiger partial charge on any atom is 0.236 e. The second-order valence-electron chi connectivity index (χ2n) is 5.28. The summed E-state index contributed by atoms with van der Waals surface area (Å²) in [7, 11) is -3.34. The van der Waals surface area contributed by atoms with Gasteiger partial charge in [0.25, 0.3) is 0 Å². The van der Waals surface area contributed by atoms with Crippen LogP contribution in [-0.2, 0) is 16.4 Å². The van der Waals surface area contributed by atoms with Crippen molar-refractivity contribution in [2.75, 3.05) is 17.0 Å². The third-order valence-electron chi connectivity index (χ3n) is 2.88. The third-order valence-corrected chi connectivity index (χ3v) is 5.21. The zero-order valence-electron chi connectivity index (χ0n) is 11.2. The van der Waals surface area contributed by atoms with Crippen LogP contribution >= 0.6 is 11.3 Å². The average Bonchev–Trinajstić information content (AvgIpc) is 2.88. The highest BCUT2D eigenvalue weighted by molar-refractivity contribution is 7.92. The van der Waals surface area contributed by atoms with Gasteiger partial charge in [0.1, 0.15) is 5.01 Å². The Morgan fingerprint density at radius 2 is 2.26 bits per heavy atom. The number of sulfonamides is 1. The van der Waals surface area contributed by atoms with Crippen molar-refractivity contribution in [3.8, 4) is 0 Å². The van der Waals surface area contributed by atoms with E-state index in [4.69, 9.17) is 0 Å². The Kier molecular flexibility index (Phi) is 4.75. The van der Waals surface area contributed by atoms with Gasteiger partial charge in [-0.05, 0) is 25.3 Å². The van der Waals surface area contributed by atoms with E-state index < -0.39 is 10.0 Å². The number of hydrogen-bond acceptors (Lipinski definition) is 6. The van der Waals surface area contributed by atoms with Crippen LogP contribution in [0.2, 0.25) is 0 Å². The average molecular weight is 304 g/mol. The summed E-state index contributed by atoms with van der Waals surface area (Å²) < 4.78 is 26.5. The molecule has 2 N–H and O–H groups in total. The van der Waals surface area contributed by atoms with E-state index in [0.717, 1.165) is 30.8 Å². The minimum atomic E-state index is -3.34. The molecule has 1 aliphatic heterocycles. The maximum absolute atomic E-state index is 12.0. The lowest BCUT2D eigenvalue weighted by molar-refractivity contribution is 0.581. The molecule has 1 fully saturated rings. The van der Waals surface area contributed by atoms with Gasteiger partial charge in [-0.15, -0.1) is 10.2 Å². The SMILES string of the molecule is CC(C)Cc1nnc(NS(=O)(=O)CC2CCCN2)s1. The topological polar surface area (TPSA) is 84.0 Å². The molecule has 2 heterocycles. The van der Waals surface area contributed by atoms with Gasteiger partial charge >= 0.3 is 0 Å². The van der Waals surface area contributed by atoms with Gasteiger partial charge in [-0.1, -0.05) is 25.2 Å². The monoisotopic (exact) mass is 304 g/mol. The van der Waals surface area contributed by atoms with Gasteiger partial charge < -0.3 is 5.32 Å². The van der Waals surface area contributed by atoms with Crippen LogP contribution in [0.15, 0.2) is 0 Å². The smallest absolute Gasteiger partial charge is 0.236 e. The lowest BCUT2D eigenvalue weighted by Crippen LogP contribution is -2.32. The molecule has 8 heteroatoms. The van der Waals surface area contributed by atoms with Crippen LogP contribution < -0.4 is 10.0 Å². The highest BCUT2D eigenvalue weighted by Crippen LogP contribution is 2.20.